The molecule has 0 heterocycles. The number of rotatable bonds is 2. The van der Waals surface area contributed by atoms with Gasteiger partial charge in [-0.05, 0) is 35.7 Å². The summed E-state index contributed by atoms with van der Waals surface area (Å²) >= 11 is 0. The first-order chi connectivity index (χ1) is 7.66. The monoisotopic (exact) mass is 212 g/mol. The van der Waals surface area contributed by atoms with Crippen molar-refractivity contribution in [1.29, 1.82) is 0 Å². The van der Waals surface area contributed by atoms with E-state index in [1.807, 2.05) is 24.3 Å². The lowest BCUT2D eigenvalue weighted by molar-refractivity contribution is -0.384. The molecule has 3 nitrogen and oxygen atoms in total. The summed E-state index contributed by atoms with van der Waals surface area (Å²) in [6.45, 7) is 3.80. The summed E-state index contributed by atoms with van der Waals surface area (Å²) < 4.78 is 0. The van der Waals surface area contributed by atoms with Gasteiger partial charge in [-0.1, -0.05) is 24.3 Å². The molecule has 0 fully saturated rings. The second-order valence-corrected chi connectivity index (χ2v) is 3.50. The lowest BCUT2D eigenvalue weighted by atomic mass is 10.0. The van der Waals surface area contributed by atoms with Crippen LogP contribution in [-0.2, 0) is 0 Å². The lowest BCUT2D eigenvalue weighted by Gasteiger charge is -2.01. The van der Waals surface area contributed by atoms with Gasteiger partial charge in [-0.2, -0.15) is 0 Å². The summed E-state index contributed by atoms with van der Waals surface area (Å²) in [5.41, 5.74) is 3.05. The van der Waals surface area contributed by atoms with Crippen molar-refractivity contribution >= 4 is 5.69 Å². The minimum atomic E-state index is -0.400. The summed E-state index contributed by atoms with van der Waals surface area (Å²) in [6.07, 6.45) is 0. The third-order valence-corrected chi connectivity index (χ3v) is 2.37. The first-order valence-corrected chi connectivity index (χ1v) is 4.84. The number of hydrogen-bond donors (Lipinski definition) is 0. The SMILES string of the molecule is [CH2]c1ccc(-c2ccc([N+](=O)[O-])cc2)cc1. The first kappa shape index (κ1) is 10.4. The summed E-state index contributed by atoms with van der Waals surface area (Å²) in [5, 5.41) is 10.5. The van der Waals surface area contributed by atoms with Crippen molar-refractivity contribution < 1.29 is 4.92 Å². The maximum atomic E-state index is 10.5. The van der Waals surface area contributed by atoms with Gasteiger partial charge in [0.1, 0.15) is 0 Å². The molecule has 0 aromatic heterocycles. The summed E-state index contributed by atoms with van der Waals surface area (Å²) in [4.78, 5) is 10.1. The lowest BCUT2D eigenvalue weighted by Crippen LogP contribution is -1.87. The first-order valence-electron chi connectivity index (χ1n) is 4.84. The molecule has 2 aromatic carbocycles. The van der Waals surface area contributed by atoms with Crippen molar-refractivity contribution in [2.45, 2.75) is 0 Å². The van der Waals surface area contributed by atoms with Gasteiger partial charge in [0.2, 0.25) is 0 Å². The Morgan fingerprint density at radius 2 is 1.31 bits per heavy atom. The average molecular weight is 212 g/mol. The van der Waals surface area contributed by atoms with Gasteiger partial charge >= 0.3 is 0 Å². The zero-order chi connectivity index (χ0) is 11.5. The van der Waals surface area contributed by atoms with Crippen molar-refractivity contribution in [1.82, 2.24) is 0 Å². The van der Waals surface area contributed by atoms with E-state index in [9.17, 15) is 10.1 Å². The van der Waals surface area contributed by atoms with Crippen LogP contribution in [-0.4, -0.2) is 4.92 Å². The Hall–Kier alpha value is -2.16. The second kappa shape index (κ2) is 4.14. The molecule has 0 N–H and O–H groups in total. The van der Waals surface area contributed by atoms with Crippen molar-refractivity contribution in [3.05, 3.63) is 71.1 Å². The van der Waals surface area contributed by atoms with E-state index in [-0.39, 0.29) is 5.69 Å². The largest absolute Gasteiger partial charge is 0.269 e. The number of nitro benzene ring substituents is 1. The van der Waals surface area contributed by atoms with Crippen LogP contribution in [0.15, 0.2) is 48.5 Å². The third kappa shape index (κ3) is 2.08. The molecule has 2 rings (SSSR count). The highest BCUT2D eigenvalue weighted by Crippen LogP contribution is 2.22. The summed E-state index contributed by atoms with van der Waals surface area (Å²) in [6, 6.07) is 14.2. The topological polar surface area (TPSA) is 43.1 Å². The Kier molecular flexibility index (Phi) is 2.68. The molecule has 0 aliphatic carbocycles. The van der Waals surface area contributed by atoms with Gasteiger partial charge in [0.25, 0.3) is 5.69 Å². The molecular weight excluding hydrogens is 202 g/mol. The quantitative estimate of drug-likeness (QED) is 0.565. The van der Waals surface area contributed by atoms with Gasteiger partial charge in [-0.25, -0.2) is 0 Å². The standard InChI is InChI=1S/C13H10NO2/c1-10-2-4-11(5-3-10)12-6-8-13(9-7-12)14(15)16/h2-9H,1H2. The molecular formula is C13H10NO2. The predicted octanol–water partition coefficient (Wildman–Crippen LogP) is 3.44. The fraction of sp³-hybridized carbons (Fsp3) is 0. The normalized spacial score (nSPS) is 10.1. The molecule has 2 aromatic rings. The van der Waals surface area contributed by atoms with Gasteiger partial charge in [0.15, 0.2) is 0 Å². The molecule has 0 amide bonds. The van der Waals surface area contributed by atoms with Crippen LogP contribution in [0.2, 0.25) is 0 Å². The highest BCUT2D eigenvalue weighted by atomic mass is 16.6. The van der Waals surface area contributed by atoms with Crippen molar-refractivity contribution in [2.24, 2.45) is 0 Å². The van der Waals surface area contributed by atoms with E-state index < -0.39 is 4.92 Å². The number of non-ortho nitro benzene ring substituents is 1. The summed E-state index contributed by atoms with van der Waals surface area (Å²) in [5.74, 6) is 0. The van der Waals surface area contributed by atoms with Crippen LogP contribution in [0.3, 0.4) is 0 Å². The Labute approximate surface area is 93.5 Å². The molecule has 0 saturated heterocycles. The summed E-state index contributed by atoms with van der Waals surface area (Å²) in [7, 11) is 0. The van der Waals surface area contributed by atoms with Crippen LogP contribution in [0.4, 0.5) is 5.69 Å². The van der Waals surface area contributed by atoms with Gasteiger partial charge in [-0.3, -0.25) is 10.1 Å². The molecule has 79 valence electrons. The van der Waals surface area contributed by atoms with Crippen LogP contribution in [0.1, 0.15) is 5.56 Å². The fourth-order valence-electron chi connectivity index (χ4n) is 1.47. The van der Waals surface area contributed by atoms with Gasteiger partial charge in [0.05, 0.1) is 4.92 Å². The smallest absolute Gasteiger partial charge is 0.258 e. The molecule has 16 heavy (non-hydrogen) atoms. The number of nitrogens with zero attached hydrogens (tertiary/aromatic N) is 1. The molecule has 0 aliphatic rings. The van der Waals surface area contributed by atoms with Crippen LogP contribution in [0.5, 0.6) is 0 Å². The number of benzene rings is 2. The molecule has 0 unspecified atom stereocenters. The molecule has 0 atom stereocenters. The van der Waals surface area contributed by atoms with Gasteiger partial charge in [0, 0.05) is 12.1 Å². The zero-order valence-electron chi connectivity index (χ0n) is 8.59. The van der Waals surface area contributed by atoms with Gasteiger partial charge < -0.3 is 0 Å². The zero-order valence-corrected chi connectivity index (χ0v) is 8.59. The number of hydrogen-bond acceptors (Lipinski definition) is 2. The van der Waals surface area contributed by atoms with Crippen molar-refractivity contribution in [3.8, 4) is 11.1 Å². The van der Waals surface area contributed by atoms with E-state index in [1.54, 1.807) is 12.1 Å². The van der Waals surface area contributed by atoms with Crippen molar-refractivity contribution in [2.75, 3.05) is 0 Å². The van der Waals surface area contributed by atoms with E-state index in [1.165, 1.54) is 12.1 Å². The Bertz CT molecular complexity index is 500. The minimum Gasteiger partial charge on any atom is -0.258 e. The molecule has 3 heteroatoms. The molecule has 1 radical (unpaired) electrons. The highest BCUT2D eigenvalue weighted by Gasteiger charge is 2.04. The van der Waals surface area contributed by atoms with E-state index in [4.69, 9.17) is 0 Å². The maximum absolute atomic E-state index is 10.5. The second-order valence-electron chi connectivity index (χ2n) is 3.50. The molecule has 0 spiro atoms. The van der Waals surface area contributed by atoms with Gasteiger partial charge in [-0.15, -0.1) is 0 Å². The average Bonchev–Trinajstić information content (AvgIpc) is 2.30. The molecule has 0 saturated carbocycles. The Morgan fingerprint density at radius 1 is 0.875 bits per heavy atom. The van der Waals surface area contributed by atoms with E-state index in [0.717, 1.165) is 16.7 Å². The van der Waals surface area contributed by atoms with Crippen LogP contribution >= 0.6 is 0 Å². The number of nitro groups is 1. The fourth-order valence-corrected chi connectivity index (χ4v) is 1.47. The highest BCUT2D eigenvalue weighted by molar-refractivity contribution is 5.65. The molecule has 0 aliphatic heterocycles. The Balaban J connectivity index is 2.34. The third-order valence-electron chi connectivity index (χ3n) is 2.37. The van der Waals surface area contributed by atoms with E-state index in [0.29, 0.717) is 0 Å². The van der Waals surface area contributed by atoms with Crippen LogP contribution in [0.25, 0.3) is 11.1 Å². The van der Waals surface area contributed by atoms with E-state index in [2.05, 4.69) is 6.92 Å². The Morgan fingerprint density at radius 3 is 1.75 bits per heavy atom. The predicted molar refractivity (Wildman–Crippen MR) is 63.0 cm³/mol. The molecule has 0 bridgehead atoms. The van der Waals surface area contributed by atoms with Crippen LogP contribution < -0.4 is 0 Å². The minimum absolute atomic E-state index is 0.109. The maximum Gasteiger partial charge on any atom is 0.269 e. The van der Waals surface area contributed by atoms with Crippen molar-refractivity contribution in [3.63, 3.8) is 0 Å². The van der Waals surface area contributed by atoms with E-state index >= 15 is 0 Å². The van der Waals surface area contributed by atoms with Crippen LogP contribution in [0, 0.1) is 17.0 Å².